The third-order valence-electron chi connectivity index (χ3n) is 2.54. The largest absolute Gasteiger partial charge is 0.304 e. The topological polar surface area (TPSA) is 48.1 Å². The van der Waals surface area contributed by atoms with Crippen LogP contribution in [-0.4, -0.2) is 11.6 Å². The van der Waals surface area contributed by atoms with E-state index in [9.17, 15) is 0 Å². The molecule has 78 valence electrons. The molecule has 0 aliphatic heterocycles. The van der Waals surface area contributed by atoms with E-state index >= 15 is 0 Å². The molecule has 2 N–H and O–H groups in total. The van der Waals surface area contributed by atoms with Crippen molar-refractivity contribution in [3.63, 3.8) is 0 Å². The van der Waals surface area contributed by atoms with Crippen molar-refractivity contribution < 1.29 is 4.84 Å². The second kappa shape index (κ2) is 4.38. The van der Waals surface area contributed by atoms with Crippen molar-refractivity contribution in [3.8, 4) is 0 Å². The van der Waals surface area contributed by atoms with E-state index in [2.05, 4.69) is 34.9 Å². The molecule has 0 radical (unpaired) electrons. The number of hydrogen-bond acceptors (Lipinski definition) is 3. The second-order valence-electron chi connectivity index (χ2n) is 3.69. The Bertz CT molecular complexity index is 456. The summed E-state index contributed by atoms with van der Waals surface area (Å²) in [7, 11) is 0. The highest BCUT2D eigenvalue weighted by Crippen LogP contribution is 2.20. The predicted molar refractivity (Wildman–Crippen MR) is 60.3 cm³/mol. The Balaban J connectivity index is 2.38. The van der Waals surface area contributed by atoms with E-state index in [-0.39, 0.29) is 0 Å². The lowest BCUT2D eigenvalue weighted by Gasteiger charge is -2.10. The molecule has 0 aliphatic carbocycles. The Morgan fingerprint density at radius 3 is 3.07 bits per heavy atom. The monoisotopic (exact) mass is 202 g/mol. The van der Waals surface area contributed by atoms with Crippen molar-refractivity contribution >= 4 is 10.9 Å². The molecule has 2 aromatic rings. The van der Waals surface area contributed by atoms with E-state index in [1.54, 1.807) is 6.20 Å². The summed E-state index contributed by atoms with van der Waals surface area (Å²) in [6.45, 7) is 2.62. The fourth-order valence-corrected chi connectivity index (χ4v) is 1.64. The average molecular weight is 202 g/mol. The maximum Gasteiger partial charge on any atom is 0.0745 e. The van der Waals surface area contributed by atoms with Gasteiger partial charge in [0.15, 0.2) is 0 Å². The molecule has 0 saturated carbocycles. The van der Waals surface area contributed by atoms with Gasteiger partial charge in [-0.25, -0.2) is 5.90 Å². The fraction of sp³-hybridized carbons (Fsp3) is 0.250. The Labute approximate surface area is 88.8 Å². The van der Waals surface area contributed by atoms with E-state index < -0.39 is 0 Å². The quantitative estimate of drug-likeness (QED) is 0.776. The molecule has 1 aromatic carbocycles. The Morgan fingerprint density at radius 1 is 1.40 bits per heavy atom. The molecule has 0 saturated heterocycles. The zero-order valence-corrected chi connectivity index (χ0v) is 8.68. The summed E-state index contributed by atoms with van der Waals surface area (Å²) in [5, 5.41) is 1.15. The van der Waals surface area contributed by atoms with Gasteiger partial charge in [-0.2, -0.15) is 0 Å². The van der Waals surface area contributed by atoms with Crippen LogP contribution in [0.25, 0.3) is 10.9 Å². The number of benzene rings is 1. The number of pyridine rings is 1. The van der Waals surface area contributed by atoms with Crippen LogP contribution in [0.15, 0.2) is 36.5 Å². The van der Waals surface area contributed by atoms with Crippen molar-refractivity contribution in [1.29, 1.82) is 0 Å². The van der Waals surface area contributed by atoms with Gasteiger partial charge in [0.25, 0.3) is 0 Å². The molecule has 3 heteroatoms. The van der Waals surface area contributed by atoms with Gasteiger partial charge in [0.05, 0.1) is 12.1 Å². The van der Waals surface area contributed by atoms with Crippen LogP contribution in [0, 0.1) is 0 Å². The zero-order chi connectivity index (χ0) is 10.7. The smallest absolute Gasteiger partial charge is 0.0745 e. The van der Waals surface area contributed by atoms with Gasteiger partial charge in [0.1, 0.15) is 0 Å². The first-order chi connectivity index (χ1) is 7.31. The van der Waals surface area contributed by atoms with Gasteiger partial charge in [0, 0.05) is 17.5 Å². The summed E-state index contributed by atoms with van der Waals surface area (Å²) in [6, 6.07) is 10.2. The summed E-state index contributed by atoms with van der Waals surface area (Å²) < 4.78 is 0. The molecule has 1 aromatic heterocycles. The molecule has 3 nitrogen and oxygen atoms in total. The van der Waals surface area contributed by atoms with Gasteiger partial charge in [-0.3, -0.25) is 4.98 Å². The normalized spacial score (nSPS) is 12.9. The molecule has 2 rings (SSSR count). The standard InChI is InChI=1S/C12H14N2O/c1-9(8-15-13)10-4-5-12-11(7-10)3-2-6-14-12/h2-7,9H,8,13H2,1H3. The molecular formula is C12H14N2O. The maximum atomic E-state index is 5.07. The summed E-state index contributed by atoms with van der Waals surface area (Å²) >= 11 is 0. The third-order valence-corrected chi connectivity index (χ3v) is 2.54. The van der Waals surface area contributed by atoms with Gasteiger partial charge in [-0.1, -0.05) is 19.1 Å². The summed E-state index contributed by atoms with van der Waals surface area (Å²) in [5.41, 5.74) is 2.24. The van der Waals surface area contributed by atoms with Crippen LogP contribution in [-0.2, 0) is 4.84 Å². The summed E-state index contributed by atoms with van der Waals surface area (Å²) in [5.74, 6) is 5.37. The highest BCUT2D eigenvalue weighted by Gasteiger charge is 2.05. The lowest BCUT2D eigenvalue weighted by molar-refractivity contribution is 0.126. The minimum atomic E-state index is 0.305. The highest BCUT2D eigenvalue weighted by molar-refractivity contribution is 5.79. The predicted octanol–water partition coefficient (Wildman–Crippen LogP) is 2.23. The van der Waals surface area contributed by atoms with Crippen molar-refractivity contribution in [2.45, 2.75) is 12.8 Å². The Kier molecular flexibility index (Phi) is 2.94. The average Bonchev–Trinajstić information content (AvgIpc) is 2.29. The lowest BCUT2D eigenvalue weighted by Crippen LogP contribution is -2.08. The summed E-state index contributed by atoms with van der Waals surface area (Å²) in [6.07, 6.45) is 1.80. The highest BCUT2D eigenvalue weighted by atomic mass is 16.6. The van der Waals surface area contributed by atoms with Crippen LogP contribution in [0.2, 0.25) is 0 Å². The zero-order valence-electron chi connectivity index (χ0n) is 8.68. The van der Waals surface area contributed by atoms with Crippen LogP contribution in [0.3, 0.4) is 0 Å². The summed E-state index contributed by atoms with van der Waals surface area (Å²) in [4.78, 5) is 8.93. The third kappa shape index (κ3) is 2.14. The molecule has 0 fully saturated rings. The number of rotatable bonds is 3. The number of aromatic nitrogens is 1. The van der Waals surface area contributed by atoms with E-state index in [1.807, 2.05) is 12.1 Å². The van der Waals surface area contributed by atoms with Gasteiger partial charge in [-0.15, -0.1) is 0 Å². The van der Waals surface area contributed by atoms with Crippen LogP contribution in [0.4, 0.5) is 0 Å². The molecular weight excluding hydrogens is 188 g/mol. The lowest BCUT2D eigenvalue weighted by atomic mass is 10.0. The molecule has 0 aliphatic rings. The SMILES string of the molecule is CC(CON)c1ccc2ncccc2c1. The van der Waals surface area contributed by atoms with Crippen LogP contribution in [0.5, 0.6) is 0 Å². The second-order valence-corrected chi connectivity index (χ2v) is 3.69. The number of fused-ring (bicyclic) bond motifs is 1. The molecule has 1 atom stereocenters. The maximum absolute atomic E-state index is 5.07. The van der Waals surface area contributed by atoms with E-state index in [0.29, 0.717) is 12.5 Å². The van der Waals surface area contributed by atoms with Crippen LogP contribution in [0.1, 0.15) is 18.4 Å². The Morgan fingerprint density at radius 2 is 2.27 bits per heavy atom. The van der Waals surface area contributed by atoms with Crippen molar-refractivity contribution in [1.82, 2.24) is 4.98 Å². The molecule has 0 bridgehead atoms. The van der Waals surface area contributed by atoms with Crippen LogP contribution < -0.4 is 5.90 Å². The van der Waals surface area contributed by atoms with Gasteiger partial charge in [-0.05, 0) is 23.8 Å². The van der Waals surface area contributed by atoms with E-state index in [0.717, 1.165) is 10.9 Å². The number of hydrogen-bond donors (Lipinski definition) is 1. The molecule has 1 unspecified atom stereocenters. The van der Waals surface area contributed by atoms with Crippen molar-refractivity contribution in [3.05, 3.63) is 42.1 Å². The van der Waals surface area contributed by atoms with Gasteiger partial charge in [0.2, 0.25) is 0 Å². The van der Waals surface area contributed by atoms with Gasteiger partial charge < -0.3 is 4.84 Å². The van der Waals surface area contributed by atoms with Crippen molar-refractivity contribution in [2.24, 2.45) is 5.90 Å². The van der Waals surface area contributed by atoms with E-state index in [1.165, 1.54) is 5.56 Å². The fourth-order valence-electron chi connectivity index (χ4n) is 1.64. The molecule has 15 heavy (non-hydrogen) atoms. The minimum Gasteiger partial charge on any atom is -0.304 e. The number of nitrogens with zero attached hydrogens (tertiary/aromatic N) is 1. The molecule has 1 heterocycles. The van der Waals surface area contributed by atoms with Crippen LogP contribution >= 0.6 is 0 Å². The van der Waals surface area contributed by atoms with Gasteiger partial charge >= 0.3 is 0 Å². The Hall–Kier alpha value is -1.45. The van der Waals surface area contributed by atoms with E-state index in [4.69, 9.17) is 5.90 Å². The first-order valence-electron chi connectivity index (χ1n) is 4.97. The first kappa shape index (κ1) is 10.1. The number of nitrogens with two attached hydrogens (primary N) is 1. The molecule has 0 spiro atoms. The molecule has 0 amide bonds. The van der Waals surface area contributed by atoms with Crippen molar-refractivity contribution in [2.75, 3.05) is 6.61 Å². The minimum absolute atomic E-state index is 0.305. The first-order valence-corrected chi connectivity index (χ1v) is 4.97.